The Morgan fingerprint density at radius 2 is 2.29 bits per heavy atom. The zero-order valence-electron chi connectivity index (χ0n) is 8.58. The van der Waals surface area contributed by atoms with Gasteiger partial charge in [0.05, 0.1) is 12.0 Å². The Balaban J connectivity index is 1.84. The normalized spacial score (nSPS) is 17.5. The van der Waals surface area contributed by atoms with Crippen LogP contribution < -0.4 is 10.1 Å². The van der Waals surface area contributed by atoms with Gasteiger partial charge in [-0.05, 0) is 24.3 Å². The standard InChI is InChI=1S/C11H17NOS/c1-13-10-6-7-14-11(10)8-12-9-4-2-3-5-9/h6-7,9,12H,2-5,8H2,1H3. The van der Waals surface area contributed by atoms with Crippen molar-refractivity contribution in [2.75, 3.05) is 7.11 Å². The molecule has 14 heavy (non-hydrogen) atoms. The van der Waals surface area contributed by atoms with E-state index in [9.17, 15) is 0 Å². The van der Waals surface area contributed by atoms with Gasteiger partial charge in [0.15, 0.2) is 0 Å². The smallest absolute Gasteiger partial charge is 0.134 e. The van der Waals surface area contributed by atoms with E-state index in [0.717, 1.165) is 18.3 Å². The fourth-order valence-electron chi connectivity index (χ4n) is 2.01. The summed E-state index contributed by atoms with van der Waals surface area (Å²) in [6.07, 6.45) is 5.46. The predicted molar refractivity (Wildman–Crippen MR) is 60.0 cm³/mol. The molecule has 0 radical (unpaired) electrons. The molecule has 0 saturated heterocycles. The molecule has 2 rings (SSSR count). The molecule has 1 aliphatic carbocycles. The van der Waals surface area contributed by atoms with Crippen LogP contribution in [0.3, 0.4) is 0 Å². The lowest BCUT2D eigenvalue weighted by atomic mass is 10.2. The Kier molecular flexibility index (Phi) is 3.43. The number of thiophene rings is 1. The number of hydrogen-bond donors (Lipinski definition) is 1. The number of methoxy groups -OCH3 is 1. The van der Waals surface area contributed by atoms with Crippen LogP contribution in [0, 0.1) is 0 Å². The van der Waals surface area contributed by atoms with Crippen molar-refractivity contribution in [1.82, 2.24) is 5.32 Å². The van der Waals surface area contributed by atoms with Gasteiger partial charge in [0.1, 0.15) is 5.75 Å². The predicted octanol–water partition coefficient (Wildman–Crippen LogP) is 2.79. The SMILES string of the molecule is COc1ccsc1CNC1CCCC1. The highest BCUT2D eigenvalue weighted by Gasteiger charge is 2.14. The molecular weight excluding hydrogens is 194 g/mol. The summed E-state index contributed by atoms with van der Waals surface area (Å²) in [6, 6.07) is 2.78. The van der Waals surface area contributed by atoms with Gasteiger partial charge >= 0.3 is 0 Å². The summed E-state index contributed by atoms with van der Waals surface area (Å²) in [5.74, 6) is 1.03. The number of hydrogen-bond acceptors (Lipinski definition) is 3. The van der Waals surface area contributed by atoms with Crippen LogP contribution in [0.15, 0.2) is 11.4 Å². The Morgan fingerprint density at radius 1 is 1.50 bits per heavy atom. The Bertz CT molecular complexity index is 279. The molecule has 1 fully saturated rings. The van der Waals surface area contributed by atoms with Crippen LogP contribution in [0.25, 0.3) is 0 Å². The average Bonchev–Trinajstić information content (AvgIpc) is 2.85. The molecule has 3 heteroatoms. The van der Waals surface area contributed by atoms with Gasteiger partial charge in [-0.3, -0.25) is 0 Å². The molecule has 1 heterocycles. The lowest BCUT2D eigenvalue weighted by Crippen LogP contribution is -2.24. The second kappa shape index (κ2) is 4.80. The molecule has 0 aromatic carbocycles. The van der Waals surface area contributed by atoms with Crippen LogP contribution in [0.5, 0.6) is 5.75 Å². The molecule has 1 aromatic rings. The zero-order valence-corrected chi connectivity index (χ0v) is 9.40. The van der Waals surface area contributed by atoms with E-state index in [-0.39, 0.29) is 0 Å². The summed E-state index contributed by atoms with van der Waals surface area (Å²) in [5.41, 5.74) is 0. The van der Waals surface area contributed by atoms with Gasteiger partial charge in [0.2, 0.25) is 0 Å². The second-order valence-corrected chi connectivity index (χ2v) is 4.78. The Labute approximate surface area is 89.3 Å². The largest absolute Gasteiger partial charge is 0.496 e. The monoisotopic (exact) mass is 211 g/mol. The van der Waals surface area contributed by atoms with Gasteiger partial charge in [0.25, 0.3) is 0 Å². The summed E-state index contributed by atoms with van der Waals surface area (Å²) in [5, 5.41) is 5.68. The Morgan fingerprint density at radius 3 is 3.00 bits per heavy atom. The summed E-state index contributed by atoms with van der Waals surface area (Å²) in [7, 11) is 1.74. The maximum absolute atomic E-state index is 5.27. The van der Waals surface area contributed by atoms with Crippen LogP contribution in [0.1, 0.15) is 30.6 Å². The molecule has 0 amide bonds. The van der Waals surface area contributed by atoms with Crippen molar-refractivity contribution in [2.45, 2.75) is 38.3 Å². The summed E-state index contributed by atoms with van der Waals surface area (Å²) in [4.78, 5) is 1.32. The van der Waals surface area contributed by atoms with Gasteiger partial charge in [-0.25, -0.2) is 0 Å². The van der Waals surface area contributed by atoms with E-state index in [2.05, 4.69) is 10.7 Å². The first-order valence-corrected chi connectivity index (χ1v) is 6.12. The van der Waals surface area contributed by atoms with Crippen LogP contribution in [-0.2, 0) is 6.54 Å². The first-order valence-electron chi connectivity index (χ1n) is 5.24. The lowest BCUT2D eigenvalue weighted by Gasteiger charge is -2.11. The molecule has 0 atom stereocenters. The van der Waals surface area contributed by atoms with Crippen molar-refractivity contribution >= 4 is 11.3 Å². The van der Waals surface area contributed by atoms with Gasteiger partial charge < -0.3 is 10.1 Å². The summed E-state index contributed by atoms with van der Waals surface area (Å²) < 4.78 is 5.27. The third-order valence-corrected chi connectivity index (χ3v) is 3.73. The molecule has 1 aliphatic rings. The van der Waals surface area contributed by atoms with E-state index in [1.165, 1.54) is 30.6 Å². The minimum absolute atomic E-state index is 0.738. The quantitative estimate of drug-likeness (QED) is 0.827. The summed E-state index contributed by atoms with van der Waals surface area (Å²) in [6.45, 7) is 0.964. The highest BCUT2D eigenvalue weighted by atomic mass is 32.1. The first-order chi connectivity index (χ1) is 6.90. The highest BCUT2D eigenvalue weighted by Crippen LogP contribution is 2.25. The van der Waals surface area contributed by atoms with E-state index < -0.39 is 0 Å². The molecule has 78 valence electrons. The van der Waals surface area contributed by atoms with Crippen LogP contribution in [0.2, 0.25) is 0 Å². The zero-order chi connectivity index (χ0) is 9.80. The van der Waals surface area contributed by atoms with Crippen molar-refractivity contribution in [3.05, 3.63) is 16.3 Å². The van der Waals surface area contributed by atoms with E-state index in [0.29, 0.717) is 0 Å². The Hall–Kier alpha value is -0.540. The maximum atomic E-state index is 5.27. The van der Waals surface area contributed by atoms with Gasteiger partial charge in [-0.1, -0.05) is 12.8 Å². The van der Waals surface area contributed by atoms with Gasteiger partial charge in [-0.15, -0.1) is 11.3 Å². The minimum Gasteiger partial charge on any atom is -0.496 e. The molecule has 0 spiro atoms. The number of nitrogens with one attached hydrogen (secondary N) is 1. The van der Waals surface area contributed by atoms with Crippen molar-refractivity contribution in [3.63, 3.8) is 0 Å². The van der Waals surface area contributed by atoms with E-state index in [1.54, 1.807) is 18.4 Å². The molecule has 1 saturated carbocycles. The van der Waals surface area contributed by atoms with Crippen molar-refractivity contribution < 1.29 is 4.74 Å². The maximum Gasteiger partial charge on any atom is 0.134 e. The fourth-order valence-corrected chi connectivity index (χ4v) is 2.80. The van der Waals surface area contributed by atoms with Gasteiger partial charge in [-0.2, -0.15) is 0 Å². The number of ether oxygens (including phenoxy) is 1. The third-order valence-electron chi connectivity index (χ3n) is 2.83. The van der Waals surface area contributed by atoms with Crippen molar-refractivity contribution in [2.24, 2.45) is 0 Å². The fraction of sp³-hybridized carbons (Fsp3) is 0.636. The highest BCUT2D eigenvalue weighted by molar-refractivity contribution is 7.10. The van der Waals surface area contributed by atoms with Crippen LogP contribution in [-0.4, -0.2) is 13.2 Å². The van der Waals surface area contributed by atoms with Crippen LogP contribution >= 0.6 is 11.3 Å². The molecule has 0 unspecified atom stereocenters. The van der Waals surface area contributed by atoms with E-state index >= 15 is 0 Å². The van der Waals surface area contributed by atoms with Gasteiger partial charge in [0, 0.05) is 12.6 Å². The van der Waals surface area contributed by atoms with E-state index in [4.69, 9.17) is 4.74 Å². The molecule has 0 aliphatic heterocycles. The molecular formula is C11H17NOS. The second-order valence-electron chi connectivity index (χ2n) is 3.77. The molecule has 0 bridgehead atoms. The third kappa shape index (κ3) is 2.28. The first kappa shape index (κ1) is 9.99. The number of rotatable bonds is 4. The van der Waals surface area contributed by atoms with E-state index in [1.807, 2.05) is 6.07 Å². The summed E-state index contributed by atoms with van der Waals surface area (Å²) >= 11 is 1.77. The molecule has 1 aromatic heterocycles. The van der Waals surface area contributed by atoms with Crippen molar-refractivity contribution in [1.29, 1.82) is 0 Å². The lowest BCUT2D eigenvalue weighted by molar-refractivity contribution is 0.408. The topological polar surface area (TPSA) is 21.3 Å². The van der Waals surface area contributed by atoms with Crippen LogP contribution in [0.4, 0.5) is 0 Å². The van der Waals surface area contributed by atoms with Crippen molar-refractivity contribution in [3.8, 4) is 5.75 Å². The minimum atomic E-state index is 0.738. The average molecular weight is 211 g/mol. The molecule has 2 nitrogen and oxygen atoms in total. The molecule has 1 N–H and O–H groups in total.